The Morgan fingerprint density at radius 1 is 0.975 bits per heavy atom. The molecule has 40 heavy (non-hydrogen) atoms. The lowest BCUT2D eigenvalue weighted by Crippen LogP contribution is -2.41. The fourth-order valence-corrected chi connectivity index (χ4v) is 5.45. The summed E-state index contributed by atoms with van der Waals surface area (Å²) in [5, 5.41) is 15.8. The monoisotopic (exact) mass is 597 g/mol. The average Bonchev–Trinajstić information content (AvgIpc) is 3.45. The van der Waals surface area contributed by atoms with Crippen molar-refractivity contribution in [1.29, 1.82) is 0 Å². The fourth-order valence-electron chi connectivity index (χ4n) is 4.32. The standard InChI is InChI=1S/C29H25Cl2N3O5S/c30-23-8-6-20(15-24(23)31)25-17-40-28(33-25)21-5-7-22(26(16-21)39-29(36)37)18-1-3-19(4-2-18)27(35)32-9-10-34-11-13-38-14-12-34/h1-8,15-17H,9-14H2,(H,32,35)(H,36,37). The van der Waals surface area contributed by atoms with Gasteiger partial charge in [0.2, 0.25) is 0 Å². The number of morpholine rings is 1. The number of carboxylic acid groups (broad SMARTS) is 1. The number of halogens is 2. The Bertz CT molecular complexity index is 1520. The van der Waals surface area contributed by atoms with E-state index in [9.17, 15) is 14.7 Å². The lowest BCUT2D eigenvalue weighted by molar-refractivity contribution is 0.0383. The van der Waals surface area contributed by atoms with Crippen molar-refractivity contribution in [3.63, 3.8) is 0 Å². The van der Waals surface area contributed by atoms with Gasteiger partial charge in [0.05, 0.1) is 29.0 Å². The van der Waals surface area contributed by atoms with Crippen LogP contribution in [0.2, 0.25) is 10.0 Å². The second-order valence-electron chi connectivity index (χ2n) is 9.03. The van der Waals surface area contributed by atoms with E-state index < -0.39 is 6.16 Å². The van der Waals surface area contributed by atoms with E-state index in [0.717, 1.165) is 30.9 Å². The van der Waals surface area contributed by atoms with Gasteiger partial charge >= 0.3 is 6.16 Å². The summed E-state index contributed by atoms with van der Waals surface area (Å²) in [6, 6.07) is 17.5. The Balaban J connectivity index is 1.32. The highest BCUT2D eigenvalue weighted by Crippen LogP contribution is 2.37. The molecule has 1 saturated heterocycles. The molecule has 4 aromatic rings. The summed E-state index contributed by atoms with van der Waals surface area (Å²) in [4.78, 5) is 31.0. The van der Waals surface area contributed by atoms with E-state index in [1.165, 1.54) is 11.3 Å². The van der Waals surface area contributed by atoms with E-state index >= 15 is 0 Å². The number of rotatable bonds is 8. The van der Waals surface area contributed by atoms with Crippen LogP contribution >= 0.6 is 34.5 Å². The Hall–Kier alpha value is -3.47. The molecule has 0 bridgehead atoms. The number of thiazole rings is 1. The highest BCUT2D eigenvalue weighted by molar-refractivity contribution is 7.13. The second kappa shape index (κ2) is 12.8. The molecule has 0 unspecified atom stereocenters. The van der Waals surface area contributed by atoms with Crippen LogP contribution in [0.25, 0.3) is 33.0 Å². The van der Waals surface area contributed by atoms with Crippen LogP contribution in [0.3, 0.4) is 0 Å². The molecule has 1 aromatic heterocycles. The third kappa shape index (κ3) is 6.80. The topological polar surface area (TPSA) is 101 Å². The Labute approximate surface area is 245 Å². The van der Waals surface area contributed by atoms with Crippen molar-refractivity contribution < 1.29 is 24.2 Å². The zero-order valence-electron chi connectivity index (χ0n) is 21.2. The van der Waals surface area contributed by atoms with Gasteiger partial charge in [-0.15, -0.1) is 11.3 Å². The molecule has 11 heteroatoms. The van der Waals surface area contributed by atoms with Crippen LogP contribution in [0.15, 0.2) is 66.0 Å². The minimum absolute atomic E-state index is 0.166. The Kier molecular flexibility index (Phi) is 8.98. The lowest BCUT2D eigenvalue weighted by atomic mass is 10.0. The molecular weight excluding hydrogens is 573 g/mol. The van der Waals surface area contributed by atoms with Crippen LogP contribution in [0, 0.1) is 0 Å². The highest BCUT2D eigenvalue weighted by Gasteiger charge is 2.16. The van der Waals surface area contributed by atoms with Gasteiger partial charge in [0.25, 0.3) is 5.91 Å². The maximum absolute atomic E-state index is 12.6. The maximum Gasteiger partial charge on any atom is 0.511 e. The highest BCUT2D eigenvalue weighted by atomic mass is 35.5. The molecule has 2 N–H and O–H groups in total. The number of nitrogens with one attached hydrogen (secondary N) is 1. The van der Waals surface area contributed by atoms with Gasteiger partial charge in [0.1, 0.15) is 10.8 Å². The van der Waals surface area contributed by atoms with Crippen molar-refractivity contribution in [2.24, 2.45) is 0 Å². The van der Waals surface area contributed by atoms with Gasteiger partial charge in [-0.05, 0) is 42.0 Å². The first kappa shape index (κ1) is 28.1. The molecule has 0 spiro atoms. The van der Waals surface area contributed by atoms with Gasteiger partial charge in [0, 0.05) is 53.8 Å². The zero-order chi connectivity index (χ0) is 28.1. The van der Waals surface area contributed by atoms with Crippen molar-refractivity contribution in [2.45, 2.75) is 0 Å². The molecule has 0 atom stereocenters. The van der Waals surface area contributed by atoms with Crippen LogP contribution in [0.4, 0.5) is 4.79 Å². The van der Waals surface area contributed by atoms with Crippen molar-refractivity contribution in [1.82, 2.24) is 15.2 Å². The van der Waals surface area contributed by atoms with Crippen LogP contribution in [0.5, 0.6) is 5.75 Å². The van der Waals surface area contributed by atoms with Gasteiger partial charge < -0.3 is 19.9 Å². The quantitative estimate of drug-likeness (QED) is 0.175. The van der Waals surface area contributed by atoms with Crippen LogP contribution < -0.4 is 10.1 Å². The van der Waals surface area contributed by atoms with E-state index in [4.69, 9.17) is 32.7 Å². The van der Waals surface area contributed by atoms with Gasteiger partial charge in [-0.1, -0.05) is 47.5 Å². The van der Waals surface area contributed by atoms with E-state index in [2.05, 4.69) is 15.2 Å². The molecule has 1 aliphatic rings. The van der Waals surface area contributed by atoms with Crippen LogP contribution in [0.1, 0.15) is 10.4 Å². The van der Waals surface area contributed by atoms with Gasteiger partial charge in [-0.3, -0.25) is 9.69 Å². The summed E-state index contributed by atoms with van der Waals surface area (Å²) in [5.74, 6) is -0.00212. The minimum Gasteiger partial charge on any atom is -0.449 e. The van der Waals surface area contributed by atoms with Gasteiger partial charge in [-0.25, -0.2) is 9.78 Å². The van der Waals surface area contributed by atoms with Crippen molar-refractivity contribution in [3.05, 3.63) is 81.7 Å². The number of amides is 1. The molecule has 206 valence electrons. The molecule has 1 fully saturated rings. The number of ether oxygens (including phenoxy) is 2. The van der Waals surface area contributed by atoms with Crippen LogP contribution in [-0.4, -0.2) is 66.4 Å². The molecule has 0 saturated carbocycles. The molecule has 8 nitrogen and oxygen atoms in total. The van der Waals surface area contributed by atoms with E-state index in [1.807, 2.05) is 17.5 Å². The first-order valence-electron chi connectivity index (χ1n) is 12.5. The number of benzene rings is 3. The normalized spacial score (nSPS) is 13.7. The van der Waals surface area contributed by atoms with Gasteiger partial charge in [-0.2, -0.15) is 0 Å². The van der Waals surface area contributed by atoms with Crippen molar-refractivity contribution >= 4 is 46.6 Å². The number of aromatic nitrogens is 1. The van der Waals surface area contributed by atoms with E-state index in [-0.39, 0.29) is 11.7 Å². The van der Waals surface area contributed by atoms with E-state index in [0.29, 0.717) is 57.1 Å². The summed E-state index contributed by atoms with van der Waals surface area (Å²) in [6.45, 7) is 4.48. The third-order valence-corrected chi connectivity index (χ3v) is 8.05. The first-order valence-corrected chi connectivity index (χ1v) is 14.2. The summed E-state index contributed by atoms with van der Waals surface area (Å²) in [5.41, 5.74) is 4.05. The lowest BCUT2D eigenvalue weighted by Gasteiger charge is -2.26. The van der Waals surface area contributed by atoms with Crippen molar-refractivity contribution in [2.75, 3.05) is 39.4 Å². The fraction of sp³-hybridized carbons (Fsp3) is 0.207. The molecule has 1 aliphatic heterocycles. The first-order chi connectivity index (χ1) is 19.4. The number of carbonyl (C=O) groups excluding carboxylic acids is 1. The largest absolute Gasteiger partial charge is 0.511 e. The molecular formula is C29H25Cl2N3O5S. The molecule has 1 amide bonds. The Morgan fingerprint density at radius 2 is 1.70 bits per heavy atom. The predicted molar refractivity (Wildman–Crippen MR) is 157 cm³/mol. The molecule has 0 aliphatic carbocycles. The number of hydrogen-bond acceptors (Lipinski definition) is 7. The summed E-state index contributed by atoms with van der Waals surface area (Å²) < 4.78 is 10.5. The molecule has 5 rings (SSSR count). The smallest absolute Gasteiger partial charge is 0.449 e. The second-order valence-corrected chi connectivity index (χ2v) is 10.7. The number of carbonyl (C=O) groups is 2. The predicted octanol–water partition coefficient (Wildman–Crippen LogP) is 6.57. The summed E-state index contributed by atoms with van der Waals surface area (Å²) in [7, 11) is 0. The summed E-state index contributed by atoms with van der Waals surface area (Å²) in [6.07, 6.45) is -1.43. The zero-order valence-corrected chi connectivity index (χ0v) is 23.6. The Morgan fingerprint density at radius 3 is 2.42 bits per heavy atom. The number of nitrogens with zero attached hydrogens (tertiary/aromatic N) is 2. The molecule has 2 heterocycles. The van der Waals surface area contributed by atoms with Crippen LogP contribution in [-0.2, 0) is 4.74 Å². The van der Waals surface area contributed by atoms with Crippen molar-refractivity contribution in [3.8, 4) is 38.7 Å². The van der Waals surface area contributed by atoms with E-state index in [1.54, 1.807) is 48.5 Å². The molecule has 3 aromatic carbocycles. The minimum atomic E-state index is -1.43. The summed E-state index contributed by atoms with van der Waals surface area (Å²) >= 11 is 13.6. The maximum atomic E-state index is 12.6. The SMILES string of the molecule is O=C(O)Oc1cc(-c2nc(-c3ccc(Cl)c(Cl)c3)cs2)ccc1-c1ccc(C(=O)NCCN2CCOCC2)cc1. The number of hydrogen-bond donors (Lipinski definition) is 2. The van der Waals surface area contributed by atoms with Gasteiger partial charge in [0.15, 0.2) is 0 Å². The average molecular weight is 599 g/mol. The third-order valence-electron chi connectivity index (χ3n) is 6.42. The molecule has 0 radical (unpaired) electrons.